The van der Waals surface area contributed by atoms with Crippen LogP contribution >= 0.6 is 0 Å². The third-order valence-electron chi connectivity index (χ3n) is 2.98. The van der Waals surface area contributed by atoms with E-state index >= 15 is 0 Å². The van der Waals surface area contributed by atoms with Crippen molar-refractivity contribution in [1.29, 1.82) is 0 Å². The van der Waals surface area contributed by atoms with Crippen LogP contribution in [-0.2, 0) is 0 Å². The quantitative estimate of drug-likeness (QED) is 0.712. The molecule has 1 fully saturated rings. The van der Waals surface area contributed by atoms with E-state index in [9.17, 15) is 9.18 Å². The molecule has 0 heterocycles. The van der Waals surface area contributed by atoms with Gasteiger partial charge in [0.1, 0.15) is 5.82 Å². The number of likely N-dealkylation sites (N-methyl/N-ethyl adjacent to an activating group) is 1. The van der Waals surface area contributed by atoms with E-state index in [4.69, 9.17) is 0 Å². The number of halogens is 1. The molecule has 2 rings (SSSR count). The second kappa shape index (κ2) is 4.74. The highest BCUT2D eigenvalue weighted by Gasteiger charge is 2.29. The first-order chi connectivity index (χ1) is 7.70. The number of hydrogen-bond donors (Lipinski definition) is 0. The lowest BCUT2D eigenvalue weighted by molar-refractivity contribution is 0.0928. The molecule has 0 radical (unpaired) electrons. The largest absolute Gasteiger partial charge is 0.293 e. The van der Waals surface area contributed by atoms with Gasteiger partial charge in [-0.1, -0.05) is 6.92 Å². The number of rotatable bonds is 5. The summed E-state index contributed by atoms with van der Waals surface area (Å²) < 4.78 is 12.7. The van der Waals surface area contributed by atoms with Gasteiger partial charge in [-0.05, 0) is 43.7 Å². The molecule has 0 N–H and O–H groups in total. The average molecular weight is 221 g/mol. The summed E-state index contributed by atoms with van der Waals surface area (Å²) in [4.78, 5) is 14.1. The Kier molecular flexibility index (Phi) is 3.34. The maximum Gasteiger partial charge on any atom is 0.176 e. The molecule has 3 heteroatoms. The van der Waals surface area contributed by atoms with Gasteiger partial charge in [0.15, 0.2) is 5.78 Å². The number of carbonyl (C=O) groups is 1. The molecule has 0 aliphatic heterocycles. The number of nitrogens with zero attached hydrogens (tertiary/aromatic N) is 1. The summed E-state index contributed by atoms with van der Waals surface area (Å²) in [6.45, 7) is 3.42. The first-order valence-electron chi connectivity index (χ1n) is 5.73. The summed E-state index contributed by atoms with van der Waals surface area (Å²) in [6.07, 6.45) is 2.40. The maximum absolute atomic E-state index is 12.7. The Hall–Kier alpha value is -1.22. The van der Waals surface area contributed by atoms with Gasteiger partial charge in [0.2, 0.25) is 0 Å². The van der Waals surface area contributed by atoms with E-state index in [2.05, 4.69) is 11.8 Å². The third-order valence-corrected chi connectivity index (χ3v) is 2.98. The smallest absolute Gasteiger partial charge is 0.176 e. The van der Waals surface area contributed by atoms with Crippen LogP contribution in [0.1, 0.15) is 30.1 Å². The molecule has 0 spiro atoms. The SMILES string of the molecule is CCN(CC(=O)c1ccc(F)cc1)C1CC1. The fraction of sp³-hybridized carbons (Fsp3) is 0.462. The van der Waals surface area contributed by atoms with Crippen LogP contribution < -0.4 is 0 Å². The fourth-order valence-electron chi connectivity index (χ4n) is 1.85. The molecule has 16 heavy (non-hydrogen) atoms. The van der Waals surface area contributed by atoms with Crippen molar-refractivity contribution in [1.82, 2.24) is 4.90 Å². The normalized spacial score (nSPS) is 15.4. The zero-order valence-electron chi connectivity index (χ0n) is 9.45. The van der Waals surface area contributed by atoms with Crippen molar-refractivity contribution < 1.29 is 9.18 Å². The van der Waals surface area contributed by atoms with Crippen LogP contribution in [0.25, 0.3) is 0 Å². The summed E-state index contributed by atoms with van der Waals surface area (Å²) in [5, 5.41) is 0. The molecule has 1 aromatic rings. The highest BCUT2D eigenvalue weighted by molar-refractivity contribution is 5.97. The molecule has 0 amide bonds. The Bertz CT molecular complexity index is 370. The molecule has 0 atom stereocenters. The highest BCUT2D eigenvalue weighted by atomic mass is 19.1. The Morgan fingerprint density at radius 2 is 2.00 bits per heavy atom. The Morgan fingerprint density at radius 3 is 2.50 bits per heavy atom. The summed E-state index contributed by atoms with van der Waals surface area (Å²) in [5.41, 5.74) is 0.598. The van der Waals surface area contributed by atoms with E-state index in [0.29, 0.717) is 18.2 Å². The molecular weight excluding hydrogens is 205 g/mol. The van der Waals surface area contributed by atoms with Crippen LogP contribution in [-0.4, -0.2) is 29.8 Å². The lowest BCUT2D eigenvalue weighted by Gasteiger charge is -2.18. The van der Waals surface area contributed by atoms with Crippen LogP contribution in [0.15, 0.2) is 24.3 Å². The van der Waals surface area contributed by atoms with Gasteiger partial charge in [0.05, 0.1) is 6.54 Å². The van der Waals surface area contributed by atoms with Gasteiger partial charge < -0.3 is 0 Å². The molecule has 0 bridgehead atoms. The standard InChI is InChI=1S/C13H16FNO/c1-2-15(12-7-8-12)9-13(16)10-3-5-11(14)6-4-10/h3-6,12H,2,7-9H2,1H3. The van der Waals surface area contributed by atoms with Gasteiger partial charge in [-0.3, -0.25) is 9.69 Å². The lowest BCUT2D eigenvalue weighted by Crippen LogP contribution is -2.31. The second-order valence-electron chi connectivity index (χ2n) is 4.22. The molecule has 1 aliphatic carbocycles. The minimum absolute atomic E-state index is 0.0775. The fourth-order valence-corrected chi connectivity index (χ4v) is 1.85. The average Bonchev–Trinajstić information content (AvgIpc) is 3.10. The molecule has 0 aromatic heterocycles. The van der Waals surface area contributed by atoms with Crippen molar-refractivity contribution in [2.24, 2.45) is 0 Å². The monoisotopic (exact) mass is 221 g/mol. The number of ketones is 1. The summed E-state index contributed by atoms with van der Waals surface area (Å²) in [6, 6.07) is 6.37. The molecule has 1 aromatic carbocycles. The number of Topliss-reactive ketones (excluding diaryl/α,β-unsaturated/α-hetero) is 1. The first kappa shape index (κ1) is 11.3. The van der Waals surface area contributed by atoms with Gasteiger partial charge >= 0.3 is 0 Å². The van der Waals surface area contributed by atoms with Crippen molar-refractivity contribution in [3.8, 4) is 0 Å². The first-order valence-corrected chi connectivity index (χ1v) is 5.73. The minimum Gasteiger partial charge on any atom is -0.293 e. The van der Waals surface area contributed by atoms with Gasteiger partial charge in [0.25, 0.3) is 0 Å². The molecule has 1 aliphatic rings. The van der Waals surface area contributed by atoms with Crippen molar-refractivity contribution in [3.63, 3.8) is 0 Å². The van der Waals surface area contributed by atoms with Gasteiger partial charge in [0, 0.05) is 11.6 Å². The van der Waals surface area contributed by atoms with E-state index in [1.165, 1.54) is 25.0 Å². The number of hydrogen-bond acceptors (Lipinski definition) is 2. The topological polar surface area (TPSA) is 20.3 Å². The molecule has 0 saturated heterocycles. The number of carbonyl (C=O) groups excluding carboxylic acids is 1. The molecule has 0 unspecified atom stereocenters. The molecular formula is C13H16FNO. The Labute approximate surface area is 95.1 Å². The van der Waals surface area contributed by atoms with E-state index < -0.39 is 0 Å². The van der Waals surface area contributed by atoms with Crippen molar-refractivity contribution in [2.45, 2.75) is 25.8 Å². The van der Waals surface area contributed by atoms with E-state index in [-0.39, 0.29) is 11.6 Å². The molecule has 1 saturated carbocycles. The highest BCUT2D eigenvalue weighted by Crippen LogP contribution is 2.26. The van der Waals surface area contributed by atoms with Gasteiger partial charge in [-0.25, -0.2) is 4.39 Å². The predicted molar refractivity (Wildman–Crippen MR) is 61.0 cm³/mol. The van der Waals surface area contributed by atoms with Crippen LogP contribution in [0.5, 0.6) is 0 Å². The zero-order chi connectivity index (χ0) is 11.5. The van der Waals surface area contributed by atoms with E-state index in [1.54, 1.807) is 12.1 Å². The summed E-state index contributed by atoms with van der Waals surface area (Å²) in [7, 11) is 0. The van der Waals surface area contributed by atoms with Crippen LogP contribution in [0.2, 0.25) is 0 Å². The second-order valence-corrected chi connectivity index (χ2v) is 4.22. The van der Waals surface area contributed by atoms with E-state index in [1.807, 2.05) is 0 Å². The van der Waals surface area contributed by atoms with E-state index in [0.717, 1.165) is 6.54 Å². The Balaban J connectivity index is 1.98. The van der Waals surface area contributed by atoms with Crippen molar-refractivity contribution in [2.75, 3.05) is 13.1 Å². The van der Waals surface area contributed by atoms with Crippen LogP contribution in [0.3, 0.4) is 0 Å². The predicted octanol–water partition coefficient (Wildman–Crippen LogP) is 2.49. The van der Waals surface area contributed by atoms with Crippen LogP contribution in [0.4, 0.5) is 4.39 Å². The lowest BCUT2D eigenvalue weighted by atomic mass is 10.1. The minimum atomic E-state index is -0.300. The molecule has 2 nitrogen and oxygen atoms in total. The number of benzene rings is 1. The third kappa shape index (κ3) is 2.67. The maximum atomic E-state index is 12.7. The van der Waals surface area contributed by atoms with Gasteiger partial charge in [-0.2, -0.15) is 0 Å². The van der Waals surface area contributed by atoms with Gasteiger partial charge in [-0.15, -0.1) is 0 Å². The summed E-state index contributed by atoms with van der Waals surface area (Å²) >= 11 is 0. The van der Waals surface area contributed by atoms with Crippen molar-refractivity contribution in [3.05, 3.63) is 35.6 Å². The zero-order valence-corrected chi connectivity index (χ0v) is 9.45. The Morgan fingerprint density at radius 1 is 1.38 bits per heavy atom. The van der Waals surface area contributed by atoms with Crippen molar-refractivity contribution >= 4 is 5.78 Å². The summed E-state index contributed by atoms with van der Waals surface area (Å²) in [5.74, 6) is -0.222. The van der Waals surface area contributed by atoms with Crippen LogP contribution in [0, 0.1) is 5.82 Å². The molecule has 86 valence electrons.